The molecular weight excluding hydrogens is 180 g/mol. The van der Waals surface area contributed by atoms with E-state index in [-0.39, 0.29) is 0 Å². The summed E-state index contributed by atoms with van der Waals surface area (Å²) in [5.74, 6) is 2.75. The van der Waals surface area contributed by atoms with Gasteiger partial charge >= 0.3 is 0 Å². The fraction of sp³-hybridized carbons (Fsp3) is 0.867. The lowest BCUT2D eigenvalue weighted by atomic mass is 9.75. The lowest BCUT2D eigenvalue weighted by Gasteiger charge is -2.30. The van der Waals surface area contributed by atoms with Crippen LogP contribution in [-0.2, 0) is 0 Å². The van der Waals surface area contributed by atoms with E-state index in [1.165, 1.54) is 51.4 Å². The van der Waals surface area contributed by atoms with Gasteiger partial charge in [-0.05, 0) is 43.4 Å². The second-order valence-corrected chi connectivity index (χ2v) is 5.87. The standard InChI is InChI=1S/C15H26/c1-12-9-10-15(13(2)11-12)14-7-5-3-4-6-8-14/h10,12-14H,3-9,11H2,1-2H3. The van der Waals surface area contributed by atoms with Crippen molar-refractivity contribution in [3.8, 4) is 0 Å². The van der Waals surface area contributed by atoms with Crippen LogP contribution in [0, 0.1) is 17.8 Å². The Morgan fingerprint density at radius 1 is 1.00 bits per heavy atom. The summed E-state index contributed by atoms with van der Waals surface area (Å²) in [5.41, 5.74) is 1.83. The van der Waals surface area contributed by atoms with E-state index in [1.54, 1.807) is 0 Å². The van der Waals surface area contributed by atoms with Crippen LogP contribution in [-0.4, -0.2) is 0 Å². The molecule has 86 valence electrons. The molecule has 0 bridgehead atoms. The maximum Gasteiger partial charge on any atom is -0.0201 e. The van der Waals surface area contributed by atoms with E-state index in [2.05, 4.69) is 19.9 Å². The van der Waals surface area contributed by atoms with E-state index in [1.807, 2.05) is 5.57 Å². The molecule has 0 spiro atoms. The van der Waals surface area contributed by atoms with Gasteiger partial charge in [0.15, 0.2) is 0 Å². The van der Waals surface area contributed by atoms with Gasteiger partial charge in [-0.3, -0.25) is 0 Å². The summed E-state index contributed by atoms with van der Waals surface area (Å²) in [7, 11) is 0. The van der Waals surface area contributed by atoms with E-state index in [0.29, 0.717) is 0 Å². The van der Waals surface area contributed by atoms with Gasteiger partial charge in [0.05, 0.1) is 0 Å². The van der Waals surface area contributed by atoms with Crippen LogP contribution in [0.15, 0.2) is 11.6 Å². The van der Waals surface area contributed by atoms with Gasteiger partial charge in [-0.1, -0.05) is 51.2 Å². The molecule has 2 aliphatic rings. The van der Waals surface area contributed by atoms with Crippen molar-refractivity contribution >= 4 is 0 Å². The van der Waals surface area contributed by atoms with Crippen molar-refractivity contribution in [3.63, 3.8) is 0 Å². The van der Waals surface area contributed by atoms with E-state index in [4.69, 9.17) is 0 Å². The van der Waals surface area contributed by atoms with E-state index < -0.39 is 0 Å². The summed E-state index contributed by atoms with van der Waals surface area (Å²) in [6.07, 6.45) is 14.2. The average Bonchev–Trinajstić information content (AvgIpc) is 2.46. The predicted molar refractivity (Wildman–Crippen MR) is 66.8 cm³/mol. The van der Waals surface area contributed by atoms with Crippen LogP contribution in [0.2, 0.25) is 0 Å². The van der Waals surface area contributed by atoms with Crippen LogP contribution in [0.4, 0.5) is 0 Å². The minimum atomic E-state index is 0.872. The Kier molecular flexibility index (Phi) is 3.88. The quantitative estimate of drug-likeness (QED) is 0.420. The SMILES string of the molecule is CC1CC=C(C2CCCCCC2)C(C)C1. The van der Waals surface area contributed by atoms with Gasteiger partial charge in [-0.2, -0.15) is 0 Å². The predicted octanol–water partition coefficient (Wildman–Crippen LogP) is 4.95. The molecule has 2 aliphatic carbocycles. The molecule has 2 unspecified atom stereocenters. The number of hydrogen-bond acceptors (Lipinski definition) is 0. The third-order valence-electron chi connectivity index (χ3n) is 4.41. The first-order chi connectivity index (χ1) is 7.27. The Labute approximate surface area is 95.1 Å². The fourth-order valence-corrected chi connectivity index (χ4v) is 3.56. The van der Waals surface area contributed by atoms with Crippen LogP contribution in [0.3, 0.4) is 0 Å². The molecule has 0 heterocycles. The van der Waals surface area contributed by atoms with Crippen molar-refractivity contribution in [3.05, 3.63) is 11.6 Å². The highest BCUT2D eigenvalue weighted by atomic mass is 14.3. The first-order valence-corrected chi connectivity index (χ1v) is 6.97. The van der Waals surface area contributed by atoms with E-state index in [0.717, 1.165) is 17.8 Å². The molecule has 2 atom stereocenters. The zero-order valence-corrected chi connectivity index (χ0v) is 10.5. The van der Waals surface area contributed by atoms with Crippen LogP contribution >= 0.6 is 0 Å². The maximum atomic E-state index is 2.59. The molecule has 0 aromatic carbocycles. The highest BCUT2D eigenvalue weighted by Crippen LogP contribution is 2.38. The Morgan fingerprint density at radius 2 is 1.67 bits per heavy atom. The number of hydrogen-bond donors (Lipinski definition) is 0. The molecule has 0 aliphatic heterocycles. The van der Waals surface area contributed by atoms with Crippen molar-refractivity contribution < 1.29 is 0 Å². The molecule has 2 rings (SSSR count). The second kappa shape index (κ2) is 5.18. The third kappa shape index (κ3) is 2.86. The molecule has 0 heteroatoms. The number of rotatable bonds is 1. The van der Waals surface area contributed by atoms with Crippen LogP contribution in [0.1, 0.15) is 65.2 Å². The van der Waals surface area contributed by atoms with Crippen molar-refractivity contribution in [2.45, 2.75) is 65.2 Å². The summed E-state index contributed by atoms with van der Waals surface area (Å²) in [4.78, 5) is 0. The fourth-order valence-electron chi connectivity index (χ4n) is 3.56. The lowest BCUT2D eigenvalue weighted by molar-refractivity contribution is 0.375. The monoisotopic (exact) mass is 206 g/mol. The van der Waals surface area contributed by atoms with Gasteiger partial charge in [0.25, 0.3) is 0 Å². The Hall–Kier alpha value is -0.260. The highest BCUT2D eigenvalue weighted by molar-refractivity contribution is 5.14. The minimum absolute atomic E-state index is 0.872. The van der Waals surface area contributed by atoms with Crippen molar-refractivity contribution in [2.75, 3.05) is 0 Å². The topological polar surface area (TPSA) is 0 Å². The molecule has 0 N–H and O–H groups in total. The first-order valence-electron chi connectivity index (χ1n) is 6.97. The molecular formula is C15H26. The Morgan fingerprint density at radius 3 is 2.27 bits per heavy atom. The summed E-state index contributed by atoms with van der Waals surface area (Å²) in [6, 6.07) is 0. The van der Waals surface area contributed by atoms with Gasteiger partial charge in [0.1, 0.15) is 0 Å². The van der Waals surface area contributed by atoms with Crippen LogP contribution in [0.25, 0.3) is 0 Å². The van der Waals surface area contributed by atoms with Crippen molar-refractivity contribution in [1.29, 1.82) is 0 Å². The molecule has 0 nitrogen and oxygen atoms in total. The first kappa shape index (κ1) is 11.2. The smallest absolute Gasteiger partial charge is 0.0201 e. The van der Waals surface area contributed by atoms with Crippen molar-refractivity contribution in [2.24, 2.45) is 17.8 Å². The third-order valence-corrected chi connectivity index (χ3v) is 4.41. The zero-order valence-electron chi connectivity index (χ0n) is 10.5. The molecule has 1 fully saturated rings. The largest absolute Gasteiger partial charge is 0.0845 e. The van der Waals surface area contributed by atoms with Gasteiger partial charge in [-0.25, -0.2) is 0 Å². The molecule has 1 saturated carbocycles. The summed E-state index contributed by atoms with van der Waals surface area (Å²) in [5, 5.41) is 0. The molecule has 0 radical (unpaired) electrons. The summed E-state index contributed by atoms with van der Waals surface area (Å²) in [6.45, 7) is 4.85. The van der Waals surface area contributed by atoms with Gasteiger partial charge < -0.3 is 0 Å². The maximum absolute atomic E-state index is 2.59. The molecule has 0 aromatic rings. The van der Waals surface area contributed by atoms with Gasteiger partial charge in [0.2, 0.25) is 0 Å². The summed E-state index contributed by atoms with van der Waals surface area (Å²) < 4.78 is 0. The zero-order chi connectivity index (χ0) is 10.7. The van der Waals surface area contributed by atoms with Gasteiger partial charge in [0, 0.05) is 0 Å². The molecule has 0 aromatic heterocycles. The van der Waals surface area contributed by atoms with E-state index in [9.17, 15) is 0 Å². The van der Waals surface area contributed by atoms with E-state index >= 15 is 0 Å². The normalized spacial score (nSPS) is 34.7. The Balaban J connectivity index is 2.01. The highest BCUT2D eigenvalue weighted by Gasteiger charge is 2.24. The molecule has 0 amide bonds. The number of allylic oxidation sites excluding steroid dienone is 2. The minimum Gasteiger partial charge on any atom is -0.0845 e. The lowest BCUT2D eigenvalue weighted by Crippen LogP contribution is -2.17. The van der Waals surface area contributed by atoms with Crippen LogP contribution < -0.4 is 0 Å². The summed E-state index contributed by atoms with van der Waals surface area (Å²) >= 11 is 0. The molecule has 0 saturated heterocycles. The Bertz CT molecular complexity index is 218. The second-order valence-electron chi connectivity index (χ2n) is 5.87. The van der Waals surface area contributed by atoms with Crippen molar-refractivity contribution in [1.82, 2.24) is 0 Å². The van der Waals surface area contributed by atoms with Crippen LogP contribution in [0.5, 0.6) is 0 Å². The van der Waals surface area contributed by atoms with Gasteiger partial charge in [-0.15, -0.1) is 0 Å². The molecule has 15 heavy (non-hydrogen) atoms. The average molecular weight is 206 g/mol.